The van der Waals surface area contributed by atoms with Crippen molar-refractivity contribution in [3.8, 4) is 0 Å². The number of carbonyl (C=O) groups is 2. The predicted molar refractivity (Wildman–Crippen MR) is 117 cm³/mol. The van der Waals surface area contributed by atoms with Crippen molar-refractivity contribution >= 4 is 48.7 Å². The van der Waals surface area contributed by atoms with E-state index in [1.807, 2.05) is 17.0 Å². The van der Waals surface area contributed by atoms with E-state index in [9.17, 15) is 18.0 Å². The van der Waals surface area contributed by atoms with Crippen molar-refractivity contribution in [2.75, 3.05) is 39.0 Å². The zero-order valence-electron chi connectivity index (χ0n) is 16.9. The van der Waals surface area contributed by atoms with E-state index >= 15 is 0 Å². The van der Waals surface area contributed by atoms with Crippen molar-refractivity contribution in [3.63, 3.8) is 0 Å². The molecule has 8 nitrogen and oxygen atoms in total. The van der Waals surface area contributed by atoms with Gasteiger partial charge in [0.1, 0.15) is 0 Å². The number of aromatic amines is 1. The first-order valence-corrected chi connectivity index (χ1v) is 12.7. The molecule has 1 saturated heterocycles. The normalized spacial score (nSPS) is 17.9. The molecule has 0 unspecified atom stereocenters. The molecule has 2 amide bonds. The molecule has 10 heteroatoms. The molecular weight excluding hydrogens is 472 g/mol. The van der Waals surface area contributed by atoms with E-state index in [0.717, 1.165) is 27.4 Å². The van der Waals surface area contributed by atoms with Gasteiger partial charge in [0, 0.05) is 79.6 Å². The van der Waals surface area contributed by atoms with E-state index in [-0.39, 0.29) is 24.7 Å². The average Bonchev–Trinajstić information content (AvgIpc) is 3.10. The lowest BCUT2D eigenvalue weighted by molar-refractivity contribution is -0.138. The quantitative estimate of drug-likeness (QED) is 0.696. The van der Waals surface area contributed by atoms with Crippen LogP contribution in [-0.4, -0.2) is 78.3 Å². The third-order valence-electron chi connectivity index (χ3n) is 5.93. The number of rotatable bonds is 4. The summed E-state index contributed by atoms with van der Waals surface area (Å²) in [5.74, 6) is -0.113. The highest BCUT2D eigenvalue weighted by atomic mass is 79.9. The van der Waals surface area contributed by atoms with Gasteiger partial charge in [-0.1, -0.05) is 12.1 Å². The molecule has 0 radical (unpaired) electrons. The van der Waals surface area contributed by atoms with Crippen LogP contribution in [0.4, 0.5) is 0 Å². The Morgan fingerprint density at radius 2 is 1.70 bits per heavy atom. The number of amides is 2. The van der Waals surface area contributed by atoms with Crippen LogP contribution in [0.15, 0.2) is 22.7 Å². The standard InChI is InChI=1S/C20H25BrN4O4S/c1-30(28,29)25-11-9-23(10-12-25)18(26)5-6-19(27)24-8-7-17-15(13-24)14-3-2-4-16(21)20(14)22-17/h2-4,22H,5-13H2,1H3. The lowest BCUT2D eigenvalue weighted by atomic mass is 10.0. The molecule has 30 heavy (non-hydrogen) atoms. The fraction of sp³-hybridized carbons (Fsp3) is 0.500. The van der Waals surface area contributed by atoms with E-state index in [1.54, 1.807) is 4.90 Å². The fourth-order valence-electron chi connectivity index (χ4n) is 4.21. The molecule has 0 spiro atoms. The Labute approximate surface area is 184 Å². The van der Waals surface area contributed by atoms with Crippen molar-refractivity contribution < 1.29 is 18.0 Å². The van der Waals surface area contributed by atoms with Gasteiger partial charge in [-0.3, -0.25) is 9.59 Å². The zero-order valence-corrected chi connectivity index (χ0v) is 19.3. The lowest BCUT2D eigenvalue weighted by Crippen LogP contribution is -2.50. The Morgan fingerprint density at radius 3 is 2.37 bits per heavy atom. The minimum absolute atomic E-state index is 0.0203. The second kappa shape index (κ2) is 8.32. The molecule has 0 bridgehead atoms. The molecule has 2 aliphatic rings. The average molecular weight is 497 g/mol. The van der Waals surface area contributed by atoms with Crippen LogP contribution in [0.2, 0.25) is 0 Å². The second-order valence-electron chi connectivity index (χ2n) is 7.85. The van der Waals surface area contributed by atoms with Gasteiger partial charge >= 0.3 is 0 Å². The van der Waals surface area contributed by atoms with Gasteiger partial charge in [0.05, 0.1) is 11.8 Å². The molecule has 3 heterocycles. The third-order valence-corrected chi connectivity index (χ3v) is 7.89. The van der Waals surface area contributed by atoms with E-state index in [0.29, 0.717) is 39.3 Å². The van der Waals surface area contributed by atoms with Crippen LogP contribution in [0.25, 0.3) is 10.9 Å². The number of carbonyl (C=O) groups excluding carboxylic acids is 2. The van der Waals surface area contributed by atoms with Crippen molar-refractivity contribution in [2.45, 2.75) is 25.8 Å². The summed E-state index contributed by atoms with van der Waals surface area (Å²) in [6.07, 6.45) is 2.27. The summed E-state index contributed by atoms with van der Waals surface area (Å²) in [5.41, 5.74) is 3.37. The van der Waals surface area contributed by atoms with Gasteiger partial charge in [0.25, 0.3) is 0 Å². The predicted octanol–water partition coefficient (Wildman–Crippen LogP) is 1.70. The van der Waals surface area contributed by atoms with Gasteiger partial charge < -0.3 is 14.8 Å². The number of nitrogens with one attached hydrogen (secondary N) is 1. The molecule has 4 rings (SSSR count). The molecule has 0 aliphatic carbocycles. The Balaban J connectivity index is 1.33. The molecule has 162 valence electrons. The molecule has 2 aliphatic heterocycles. The SMILES string of the molecule is CS(=O)(=O)N1CCN(C(=O)CCC(=O)N2CCc3[nH]c4c(Br)cccc4c3C2)CC1. The highest BCUT2D eigenvalue weighted by Crippen LogP contribution is 2.32. The van der Waals surface area contributed by atoms with E-state index in [2.05, 4.69) is 27.0 Å². The lowest BCUT2D eigenvalue weighted by Gasteiger charge is -2.33. The Kier molecular flexibility index (Phi) is 5.91. The number of H-pyrrole nitrogens is 1. The van der Waals surface area contributed by atoms with Crippen molar-refractivity contribution in [3.05, 3.63) is 33.9 Å². The van der Waals surface area contributed by atoms with Gasteiger partial charge in [0.15, 0.2) is 0 Å². The van der Waals surface area contributed by atoms with Crippen LogP contribution in [0.1, 0.15) is 24.1 Å². The number of nitrogens with zero attached hydrogens (tertiary/aromatic N) is 3. The van der Waals surface area contributed by atoms with Crippen LogP contribution in [-0.2, 0) is 32.6 Å². The highest BCUT2D eigenvalue weighted by Gasteiger charge is 2.28. The molecule has 0 saturated carbocycles. The Morgan fingerprint density at radius 1 is 1.03 bits per heavy atom. The first-order valence-electron chi connectivity index (χ1n) is 10.0. The Bertz CT molecular complexity index is 1090. The molecule has 1 fully saturated rings. The highest BCUT2D eigenvalue weighted by molar-refractivity contribution is 9.10. The molecular formula is C20H25BrN4O4S. The smallest absolute Gasteiger partial charge is 0.223 e. The number of sulfonamides is 1. The zero-order chi connectivity index (χ0) is 21.5. The number of fused-ring (bicyclic) bond motifs is 3. The van der Waals surface area contributed by atoms with Crippen LogP contribution in [0.5, 0.6) is 0 Å². The summed E-state index contributed by atoms with van der Waals surface area (Å²) in [6.45, 7) is 2.55. The number of benzene rings is 1. The maximum absolute atomic E-state index is 12.8. The summed E-state index contributed by atoms with van der Waals surface area (Å²) in [7, 11) is -3.22. The van der Waals surface area contributed by atoms with Gasteiger partial charge in [-0.25, -0.2) is 8.42 Å². The first-order chi connectivity index (χ1) is 14.2. The van der Waals surface area contributed by atoms with Gasteiger partial charge in [0.2, 0.25) is 21.8 Å². The number of halogens is 1. The van der Waals surface area contributed by atoms with Gasteiger partial charge in [-0.2, -0.15) is 4.31 Å². The number of hydrogen-bond acceptors (Lipinski definition) is 4. The van der Waals surface area contributed by atoms with Crippen molar-refractivity contribution in [1.82, 2.24) is 19.1 Å². The summed E-state index contributed by atoms with van der Waals surface area (Å²) < 4.78 is 25.6. The first kappa shape index (κ1) is 21.3. The molecule has 1 aromatic heterocycles. The molecule has 1 aromatic carbocycles. The maximum atomic E-state index is 12.8. The van der Waals surface area contributed by atoms with Crippen LogP contribution in [0, 0.1) is 0 Å². The van der Waals surface area contributed by atoms with E-state index in [4.69, 9.17) is 0 Å². The number of aromatic nitrogens is 1. The summed E-state index contributed by atoms with van der Waals surface area (Å²) in [4.78, 5) is 32.2. The maximum Gasteiger partial charge on any atom is 0.223 e. The summed E-state index contributed by atoms with van der Waals surface area (Å²) in [5, 5.41) is 1.12. The molecule has 2 aromatic rings. The fourth-order valence-corrected chi connectivity index (χ4v) is 5.51. The molecule has 0 atom stereocenters. The largest absolute Gasteiger partial charge is 0.357 e. The van der Waals surface area contributed by atoms with Crippen LogP contribution < -0.4 is 0 Å². The van der Waals surface area contributed by atoms with Crippen LogP contribution >= 0.6 is 15.9 Å². The Hall–Kier alpha value is -1.91. The van der Waals surface area contributed by atoms with Gasteiger partial charge in [-0.05, 0) is 22.0 Å². The number of para-hydroxylation sites is 1. The summed E-state index contributed by atoms with van der Waals surface area (Å²) in [6, 6.07) is 6.04. The van der Waals surface area contributed by atoms with E-state index < -0.39 is 10.0 Å². The second-order valence-corrected chi connectivity index (χ2v) is 10.7. The monoisotopic (exact) mass is 496 g/mol. The minimum Gasteiger partial charge on any atom is -0.357 e. The van der Waals surface area contributed by atoms with Crippen molar-refractivity contribution in [1.29, 1.82) is 0 Å². The van der Waals surface area contributed by atoms with E-state index in [1.165, 1.54) is 16.3 Å². The number of hydrogen-bond donors (Lipinski definition) is 1. The van der Waals surface area contributed by atoms with Gasteiger partial charge in [-0.15, -0.1) is 0 Å². The number of piperazine rings is 1. The minimum atomic E-state index is -3.22. The topological polar surface area (TPSA) is 93.8 Å². The van der Waals surface area contributed by atoms with Crippen LogP contribution in [0.3, 0.4) is 0 Å². The van der Waals surface area contributed by atoms with Crippen molar-refractivity contribution in [2.24, 2.45) is 0 Å². The summed E-state index contributed by atoms with van der Waals surface area (Å²) >= 11 is 3.57. The molecule has 1 N–H and O–H groups in total. The third kappa shape index (κ3) is 4.26.